The minimum absolute atomic E-state index is 0.00922. The Morgan fingerprint density at radius 1 is 1.26 bits per heavy atom. The first-order valence-electron chi connectivity index (χ1n) is 7.98. The molecule has 0 radical (unpaired) electrons. The standard InChI is InChI=1S/C18H22N2O3/c19-11-17-10-15(13-23-17)18(21)20-8-6-16(7-9-20)22-12-14-4-2-1-3-5-14/h1-5,10,13,16H,6-9,11-12,19H2. The molecule has 1 fully saturated rings. The maximum Gasteiger partial charge on any atom is 0.257 e. The zero-order chi connectivity index (χ0) is 16.1. The van der Waals surface area contributed by atoms with Crippen molar-refractivity contribution in [2.75, 3.05) is 13.1 Å². The maximum absolute atomic E-state index is 12.4. The minimum atomic E-state index is 0.00922. The van der Waals surface area contributed by atoms with E-state index in [0.717, 1.165) is 12.8 Å². The quantitative estimate of drug-likeness (QED) is 0.921. The van der Waals surface area contributed by atoms with Gasteiger partial charge in [0, 0.05) is 13.1 Å². The van der Waals surface area contributed by atoms with Gasteiger partial charge in [0.05, 0.1) is 24.8 Å². The van der Waals surface area contributed by atoms with Crippen LogP contribution in [0.5, 0.6) is 0 Å². The Labute approximate surface area is 136 Å². The lowest BCUT2D eigenvalue weighted by atomic mass is 10.1. The van der Waals surface area contributed by atoms with Crippen LogP contribution < -0.4 is 5.73 Å². The first-order valence-corrected chi connectivity index (χ1v) is 7.98. The zero-order valence-corrected chi connectivity index (χ0v) is 13.1. The second-order valence-corrected chi connectivity index (χ2v) is 5.79. The van der Waals surface area contributed by atoms with Gasteiger partial charge in [-0.1, -0.05) is 30.3 Å². The van der Waals surface area contributed by atoms with Crippen molar-refractivity contribution in [1.29, 1.82) is 0 Å². The Kier molecular flexibility index (Phi) is 5.10. The van der Waals surface area contributed by atoms with Gasteiger partial charge in [-0.05, 0) is 24.5 Å². The largest absolute Gasteiger partial charge is 0.467 e. The van der Waals surface area contributed by atoms with E-state index in [1.807, 2.05) is 23.1 Å². The number of amides is 1. The lowest BCUT2D eigenvalue weighted by Crippen LogP contribution is -2.40. The average molecular weight is 314 g/mol. The predicted octanol–water partition coefficient (Wildman–Crippen LogP) is 2.56. The molecule has 2 heterocycles. The van der Waals surface area contributed by atoms with Crippen LogP contribution in [0, 0.1) is 0 Å². The molecule has 23 heavy (non-hydrogen) atoms. The van der Waals surface area contributed by atoms with Crippen molar-refractivity contribution in [2.45, 2.75) is 32.1 Å². The Balaban J connectivity index is 1.47. The molecule has 2 aromatic rings. The van der Waals surface area contributed by atoms with Crippen molar-refractivity contribution in [3.8, 4) is 0 Å². The number of nitrogens with two attached hydrogens (primary N) is 1. The van der Waals surface area contributed by atoms with Crippen LogP contribution in [0.3, 0.4) is 0 Å². The summed E-state index contributed by atoms with van der Waals surface area (Å²) in [6, 6.07) is 11.9. The van der Waals surface area contributed by atoms with Crippen LogP contribution in [-0.4, -0.2) is 30.0 Å². The number of carbonyl (C=O) groups excluding carboxylic acids is 1. The van der Waals surface area contributed by atoms with Crippen LogP contribution in [0.1, 0.15) is 34.5 Å². The number of ether oxygens (including phenoxy) is 1. The molecule has 1 saturated heterocycles. The van der Waals surface area contributed by atoms with Gasteiger partial charge in [-0.2, -0.15) is 0 Å². The van der Waals surface area contributed by atoms with Crippen molar-refractivity contribution in [3.63, 3.8) is 0 Å². The average Bonchev–Trinajstić information content (AvgIpc) is 3.10. The van der Waals surface area contributed by atoms with Crippen molar-refractivity contribution < 1.29 is 13.9 Å². The summed E-state index contributed by atoms with van der Waals surface area (Å²) in [6.07, 6.45) is 3.42. The number of hydrogen-bond donors (Lipinski definition) is 1. The number of rotatable bonds is 5. The van der Waals surface area contributed by atoms with E-state index in [0.29, 0.717) is 37.6 Å². The highest BCUT2D eigenvalue weighted by Gasteiger charge is 2.25. The second-order valence-electron chi connectivity index (χ2n) is 5.79. The van der Waals surface area contributed by atoms with E-state index < -0.39 is 0 Å². The molecular weight excluding hydrogens is 292 g/mol. The van der Waals surface area contributed by atoms with E-state index in [1.165, 1.54) is 11.8 Å². The third-order valence-electron chi connectivity index (χ3n) is 4.16. The Bertz CT molecular complexity index is 631. The highest BCUT2D eigenvalue weighted by molar-refractivity contribution is 5.94. The van der Waals surface area contributed by atoms with Gasteiger partial charge < -0.3 is 19.8 Å². The van der Waals surface area contributed by atoms with Gasteiger partial charge in [0.1, 0.15) is 12.0 Å². The third-order valence-corrected chi connectivity index (χ3v) is 4.16. The number of piperidine rings is 1. The molecule has 0 atom stereocenters. The molecule has 122 valence electrons. The summed E-state index contributed by atoms with van der Waals surface area (Å²) < 4.78 is 11.2. The normalized spacial score (nSPS) is 15.8. The molecule has 0 saturated carbocycles. The summed E-state index contributed by atoms with van der Waals surface area (Å²) in [5.74, 6) is 0.643. The number of carbonyl (C=O) groups is 1. The third kappa shape index (κ3) is 4.00. The molecule has 1 aliphatic rings. The highest BCUT2D eigenvalue weighted by atomic mass is 16.5. The molecular formula is C18H22N2O3. The van der Waals surface area contributed by atoms with Gasteiger partial charge in [-0.25, -0.2) is 0 Å². The molecule has 3 rings (SSSR count). The van der Waals surface area contributed by atoms with E-state index >= 15 is 0 Å². The molecule has 5 nitrogen and oxygen atoms in total. The number of likely N-dealkylation sites (tertiary alicyclic amines) is 1. The lowest BCUT2D eigenvalue weighted by molar-refractivity contribution is -0.000391. The van der Waals surface area contributed by atoms with E-state index in [2.05, 4.69) is 12.1 Å². The van der Waals surface area contributed by atoms with Crippen LogP contribution in [0.4, 0.5) is 0 Å². The van der Waals surface area contributed by atoms with Gasteiger partial charge in [0.2, 0.25) is 0 Å². The topological polar surface area (TPSA) is 68.7 Å². The summed E-state index contributed by atoms with van der Waals surface area (Å²) in [4.78, 5) is 14.3. The minimum Gasteiger partial charge on any atom is -0.467 e. The molecule has 1 amide bonds. The molecule has 0 aliphatic carbocycles. The summed E-state index contributed by atoms with van der Waals surface area (Å²) in [5, 5.41) is 0. The van der Waals surface area contributed by atoms with Crippen LogP contribution in [-0.2, 0) is 17.9 Å². The smallest absolute Gasteiger partial charge is 0.257 e. The van der Waals surface area contributed by atoms with E-state index in [1.54, 1.807) is 6.07 Å². The molecule has 0 spiro atoms. The van der Waals surface area contributed by atoms with Gasteiger partial charge in [-0.3, -0.25) is 4.79 Å². The van der Waals surface area contributed by atoms with Crippen LogP contribution in [0.25, 0.3) is 0 Å². The summed E-state index contributed by atoms with van der Waals surface area (Å²) in [7, 11) is 0. The van der Waals surface area contributed by atoms with Gasteiger partial charge >= 0.3 is 0 Å². The predicted molar refractivity (Wildman–Crippen MR) is 86.8 cm³/mol. The fraction of sp³-hybridized carbons (Fsp3) is 0.389. The summed E-state index contributed by atoms with van der Waals surface area (Å²) in [5.41, 5.74) is 7.26. The Morgan fingerprint density at radius 3 is 2.65 bits per heavy atom. The van der Waals surface area contributed by atoms with Crippen molar-refractivity contribution in [3.05, 3.63) is 59.5 Å². The summed E-state index contributed by atoms with van der Waals surface area (Å²) >= 11 is 0. The second kappa shape index (κ2) is 7.44. The SMILES string of the molecule is NCc1cc(C(=O)N2CCC(OCc3ccccc3)CC2)co1. The maximum atomic E-state index is 12.4. The zero-order valence-electron chi connectivity index (χ0n) is 13.1. The first kappa shape index (κ1) is 15.8. The lowest BCUT2D eigenvalue weighted by Gasteiger charge is -2.31. The van der Waals surface area contributed by atoms with Crippen LogP contribution >= 0.6 is 0 Å². The fourth-order valence-corrected chi connectivity index (χ4v) is 2.80. The molecule has 1 aliphatic heterocycles. The van der Waals surface area contributed by atoms with E-state index in [-0.39, 0.29) is 12.0 Å². The van der Waals surface area contributed by atoms with Crippen molar-refractivity contribution >= 4 is 5.91 Å². The van der Waals surface area contributed by atoms with Crippen LogP contribution in [0.2, 0.25) is 0 Å². The molecule has 1 aromatic heterocycles. The number of furan rings is 1. The highest BCUT2D eigenvalue weighted by Crippen LogP contribution is 2.18. The number of nitrogens with zero attached hydrogens (tertiary/aromatic N) is 1. The van der Waals surface area contributed by atoms with Gasteiger partial charge in [0.15, 0.2) is 0 Å². The van der Waals surface area contributed by atoms with E-state index in [9.17, 15) is 4.79 Å². The van der Waals surface area contributed by atoms with E-state index in [4.69, 9.17) is 14.9 Å². The number of benzene rings is 1. The van der Waals surface area contributed by atoms with Gasteiger partial charge in [-0.15, -0.1) is 0 Å². The Morgan fingerprint density at radius 2 is 2.00 bits per heavy atom. The number of hydrogen-bond acceptors (Lipinski definition) is 4. The Hall–Kier alpha value is -2.11. The van der Waals surface area contributed by atoms with Crippen molar-refractivity contribution in [2.24, 2.45) is 5.73 Å². The fourth-order valence-electron chi connectivity index (χ4n) is 2.80. The molecule has 2 N–H and O–H groups in total. The summed E-state index contributed by atoms with van der Waals surface area (Å²) in [6.45, 7) is 2.35. The molecule has 0 bridgehead atoms. The van der Waals surface area contributed by atoms with Crippen molar-refractivity contribution in [1.82, 2.24) is 4.90 Å². The molecule has 0 unspecified atom stereocenters. The van der Waals surface area contributed by atoms with Gasteiger partial charge in [0.25, 0.3) is 5.91 Å². The molecule has 1 aromatic carbocycles. The van der Waals surface area contributed by atoms with Crippen LogP contribution in [0.15, 0.2) is 47.1 Å². The first-order chi connectivity index (χ1) is 11.3. The molecule has 5 heteroatoms. The monoisotopic (exact) mass is 314 g/mol.